The molecule has 19 heavy (non-hydrogen) atoms. The first-order valence-electron chi connectivity index (χ1n) is 6.40. The van der Waals surface area contributed by atoms with Gasteiger partial charge in [-0.25, -0.2) is 9.59 Å². The van der Waals surface area contributed by atoms with E-state index >= 15 is 0 Å². The van der Waals surface area contributed by atoms with E-state index in [4.69, 9.17) is 5.11 Å². The molecule has 0 aromatic carbocycles. The molecule has 6 heteroatoms. The molecule has 1 fully saturated rings. The highest BCUT2D eigenvalue weighted by molar-refractivity contribution is 7.09. The average Bonchev–Trinajstić information content (AvgIpc) is 2.97. The van der Waals surface area contributed by atoms with Crippen molar-refractivity contribution in [1.82, 2.24) is 10.2 Å². The van der Waals surface area contributed by atoms with Gasteiger partial charge in [0.15, 0.2) is 0 Å². The average molecular weight is 282 g/mol. The van der Waals surface area contributed by atoms with Crippen molar-refractivity contribution in [3.05, 3.63) is 22.4 Å². The van der Waals surface area contributed by atoms with Crippen LogP contribution in [0.3, 0.4) is 0 Å². The van der Waals surface area contributed by atoms with Crippen LogP contribution < -0.4 is 5.32 Å². The normalized spacial score (nSPS) is 20.3. The van der Waals surface area contributed by atoms with E-state index in [1.54, 1.807) is 11.3 Å². The lowest BCUT2D eigenvalue weighted by atomic mass is 10.2. The molecule has 104 valence electrons. The predicted molar refractivity (Wildman–Crippen MR) is 73.4 cm³/mol. The predicted octanol–water partition coefficient (Wildman–Crippen LogP) is 1.94. The van der Waals surface area contributed by atoms with Crippen LogP contribution in [0.4, 0.5) is 4.79 Å². The molecular weight excluding hydrogens is 264 g/mol. The van der Waals surface area contributed by atoms with Crippen LogP contribution >= 0.6 is 11.3 Å². The minimum atomic E-state index is -0.918. The van der Waals surface area contributed by atoms with Gasteiger partial charge in [-0.15, -0.1) is 11.3 Å². The number of carbonyl (C=O) groups excluding carboxylic acids is 1. The second kappa shape index (κ2) is 6.06. The van der Waals surface area contributed by atoms with Gasteiger partial charge in [0.1, 0.15) is 6.04 Å². The summed E-state index contributed by atoms with van der Waals surface area (Å²) in [6, 6.07) is 3.07. The molecule has 2 amide bonds. The van der Waals surface area contributed by atoms with Crippen molar-refractivity contribution in [2.75, 3.05) is 6.54 Å². The number of rotatable bonds is 4. The first kappa shape index (κ1) is 13.9. The molecule has 0 bridgehead atoms. The van der Waals surface area contributed by atoms with Crippen LogP contribution in [0.5, 0.6) is 0 Å². The second-order valence-electron chi connectivity index (χ2n) is 4.82. The lowest BCUT2D eigenvalue weighted by Crippen LogP contribution is -2.48. The molecule has 2 N–H and O–H groups in total. The van der Waals surface area contributed by atoms with Gasteiger partial charge in [0.05, 0.1) is 0 Å². The number of thiophene rings is 1. The Morgan fingerprint density at radius 2 is 2.42 bits per heavy atom. The SMILES string of the molecule is CC(Cc1cccs1)NC(=O)N1CCC[C@H]1C(=O)O. The van der Waals surface area contributed by atoms with Gasteiger partial charge in [0, 0.05) is 23.9 Å². The molecule has 1 aliphatic heterocycles. The Kier molecular flexibility index (Phi) is 4.42. The second-order valence-corrected chi connectivity index (χ2v) is 5.86. The summed E-state index contributed by atoms with van der Waals surface area (Å²) in [4.78, 5) is 25.7. The third kappa shape index (κ3) is 3.47. The summed E-state index contributed by atoms with van der Waals surface area (Å²) in [5, 5.41) is 13.9. The Morgan fingerprint density at radius 3 is 3.05 bits per heavy atom. The summed E-state index contributed by atoms with van der Waals surface area (Å²) >= 11 is 1.66. The molecule has 1 aliphatic rings. The van der Waals surface area contributed by atoms with Crippen LogP contribution in [0, 0.1) is 0 Å². The zero-order chi connectivity index (χ0) is 13.8. The third-order valence-corrected chi connectivity index (χ3v) is 4.15. The standard InChI is InChI=1S/C13H18N2O3S/c1-9(8-10-4-3-7-19-10)14-13(18)15-6-2-5-11(15)12(16)17/h3-4,7,9,11H,2,5-6,8H2,1H3,(H,14,18)(H,16,17)/t9?,11-/m0/s1. The number of urea groups is 1. The molecule has 0 saturated carbocycles. The van der Waals surface area contributed by atoms with E-state index < -0.39 is 12.0 Å². The lowest BCUT2D eigenvalue weighted by molar-refractivity contribution is -0.141. The Balaban J connectivity index is 1.88. The van der Waals surface area contributed by atoms with Crippen molar-refractivity contribution >= 4 is 23.3 Å². The Labute approximate surface area is 116 Å². The van der Waals surface area contributed by atoms with Crippen molar-refractivity contribution < 1.29 is 14.7 Å². The van der Waals surface area contributed by atoms with Crippen molar-refractivity contribution in [3.8, 4) is 0 Å². The number of amides is 2. The molecule has 0 aliphatic carbocycles. The molecule has 2 atom stereocenters. The van der Waals surface area contributed by atoms with Gasteiger partial charge in [-0.05, 0) is 31.2 Å². The van der Waals surface area contributed by atoms with E-state index in [2.05, 4.69) is 5.32 Å². The van der Waals surface area contributed by atoms with Gasteiger partial charge in [0.2, 0.25) is 0 Å². The fraction of sp³-hybridized carbons (Fsp3) is 0.538. The monoisotopic (exact) mass is 282 g/mol. The highest BCUT2D eigenvalue weighted by atomic mass is 32.1. The molecule has 1 aromatic rings. The van der Waals surface area contributed by atoms with Crippen LogP contribution in [0.25, 0.3) is 0 Å². The van der Waals surface area contributed by atoms with E-state index in [0.29, 0.717) is 13.0 Å². The van der Waals surface area contributed by atoms with E-state index in [9.17, 15) is 9.59 Å². The van der Waals surface area contributed by atoms with Crippen LogP contribution in [-0.2, 0) is 11.2 Å². The fourth-order valence-corrected chi connectivity index (χ4v) is 3.18. The molecule has 1 saturated heterocycles. The van der Waals surface area contributed by atoms with Gasteiger partial charge >= 0.3 is 12.0 Å². The first-order valence-corrected chi connectivity index (χ1v) is 7.28. The molecule has 1 aromatic heterocycles. The van der Waals surface area contributed by atoms with Crippen LogP contribution in [0.2, 0.25) is 0 Å². The van der Waals surface area contributed by atoms with Crippen molar-refractivity contribution in [2.45, 2.75) is 38.3 Å². The minimum absolute atomic E-state index is 0.00111. The molecule has 0 spiro atoms. The third-order valence-electron chi connectivity index (χ3n) is 3.26. The number of nitrogens with zero attached hydrogens (tertiary/aromatic N) is 1. The summed E-state index contributed by atoms with van der Waals surface area (Å²) in [6.07, 6.45) is 2.07. The number of carboxylic acids is 1. The van der Waals surface area contributed by atoms with E-state index in [0.717, 1.165) is 12.8 Å². The Morgan fingerprint density at radius 1 is 1.63 bits per heavy atom. The maximum atomic E-state index is 12.1. The summed E-state index contributed by atoms with van der Waals surface area (Å²) in [5.41, 5.74) is 0. The number of hydrogen-bond acceptors (Lipinski definition) is 3. The topological polar surface area (TPSA) is 69.6 Å². The number of nitrogens with one attached hydrogen (secondary N) is 1. The van der Waals surface area contributed by atoms with Crippen molar-refractivity contribution in [2.24, 2.45) is 0 Å². The first-order chi connectivity index (χ1) is 9.08. The summed E-state index contributed by atoms with van der Waals surface area (Å²) in [6.45, 7) is 2.46. The fourth-order valence-electron chi connectivity index (χ4n) is 2.34. The van der Waals surface area contributed by atoms with Gasteiger partial charge < -0.3 is 15.3 Å². The Hall–Kier alpha value is -1.56. The van der Waals surface area contributed by atoms with E-state index in [1.807, 2.05) is 24.4 Å². The number of likely N-dealkylation sites (tertiary alicyclic amines) is 1. The highest BCUT2D eigenvalue weighted by Crippen LogP contribution is 2.18. The number of aliphatic carboxylic acids is 1. The summed E-state index contributed by atoms with van der Waals surface area (Å²) in [7, 11) is 0. The van der Waals surface area contributed by atoms with Gasteiger partial charge in [-0.2, -0.15) is 0 Å². The maximum absolute atomic E-state index is 12.1. The van der Waals surface area contributed by atoms with Gasteiger partial charge in [0.25, 0.3) is 0 Å². The number of carboxylic acid groups (broad SMARTS) is 1. The molecular formula is C13H18N2O3S. The maximum Gasteiger partial charge on any atom is 0.326 e. The Bertz CT molecular complexity index is 447. The van der Waals surface area contributed by atoms with Crippen molar-refractivity contribution in [3.63, 3.8) is 0 Å². The van der Waals surface area contributed by atoms with Crippen molar-refractivity contribution in [1.29, 1.82) is 0 Å². The van der Waals surface area contributed by atoms with Gasteiger partial charge in [-0.1, -0.05) is 6.07 Å². The molecule has 2 heterocycles. The highest BCUT2D eigenvalue weighted by Gasteiger charge is 2.34. The molecule has 5 nitrogen and oxygen atoms in total. The summed E-state index contributed by atoms with van der Waals surface area (Å²) < 4.78 is 0. The van der Waals surface area contributed by atoms with Crippen LogP contribution in [0.1, 0.15) is 24.6 Å². The smallest absolute Gasteiger partial charge is 0.326 e. The zero-order valence-corrected chi connectivity index (χ0v) is 11.7. The zero-order valence-electron chi connectivity index (χ0n) is 10.8. The lowest BCUT2D eigenvalue weighted by Gasteiger charge is -2.24. The largest absolute Gasteiger partial charge is 0.480 e. The number of carbonyl (C=O) groups is 2. The minimum Gasteiger partial charge on any atom is -0.480 e. The summed E-state index contributed by atoms with van der Waals surface area (Å²) in [5.74, 6) is -0.918. The molecule has 0 radical (unpaired) electrons. The quantitative estimate of drug-likeness (QED) is 0.886. The van der Waals surface area contributed by atoms with Crippen LogP contribution in [0.15, 0.2) is 17.5 Å². The van der Waals surface area contributed by atoms with Gasteiger partial charge in [-0.3, -0.25) is 0 Å². The molecule has 2 rings (SSSR count). The van der Waals surface area contributed by atoms with Crippen LogP contribution in [-0.4, -0.2) is 40.6 Å². The number of hydrogen-bond donors (Lipinski definition) is 2. The molecule has 1 unspecified atom stereocenters. The van der Waals surface area contributed by atoms with E-state index in [-0.39, 0.29) is 12.1 Å². The van der Waals surface area contributed by atoms with E-state index in [1.165, 1.54) is 9.78 Å².